The number of methoxy groups -OCH3 is 1. The summed E-state index contributed by atoms with van der Waals surface area (Å²) in [6.45, 7) is 3.37. The first-order valence-electron chi connectivity index (χ1n) is 5.45. The minimum atomic E-state index is -0.149. The molecule has 2 aromatic rings. The van der Waals surface area contributed by atoms with Crippen molar-refractivity contribution in [1.29, 1.82) is 0 Å². The van der Waals surface area contributed by atoms with Gasteiger partial charge in [0.2, 0.25) is 5.91 Å². The summed E-state index contributed by atoms with van der Waals surface area (Å²) < 4.78 is 10.9. The Morgan fingerprint density at radius 1 is 1.47 bits per heavy atom. The van der Waals surface area contributed by atoms with Crippen molar-refractivity contribution in [3.8, 4) is 5.75 Å². The maximum atomic E-state index is 11.0. The molecule has 1 atom stereocenters. The first-order chi connectivity index (χ1) is 8.11. The number of rotatable bonds is 3. The smallest absolute Gasteiger partial charge is 0.217 e. The molecular weight excluding hydrogens is 218 g/mol. The Labute approximate surface area is 99.6 Å². The zero-order chi connectivity index (χ0) is 12.4. The number of hydrogen-bond acceptors (Lipinski definition) is 3. The molecule has 0 saturated carbocycles. The number of hydrogen-bond donors (Lipinski definition) is 1. The fourth-order valence-electron chi connectivity index (χ4n) is 1.81. The van der Waals surface area contributed by atoms with E-state index in [1.165, 1.54) is 6.92 Å². The van der Waals surface area contributed by atoms with Crippen molar-refractivity contribution in [3.05, 3.63) is 30.0 Å². The summed E-state index contributed by atoms with van der Waals surface area (Å²) >= 11 is 0. The molecule has 2 rings (SSSR count). The van der Waals surface area contributed by atoms with Crippen LogP contribution in [0.1, 0.15) is 25.6 Å². The molecule has 0 fully saturated rings. The third-order valence-corrected chi connectivity index (χ3v) is 2.59. The van der Waals surface area contributed by atoms with Crippen molar-refractivity contribution in [1.82, 2.24) is 5.32 Å². The van der Waals surface area contributed by atoms with Gasteiger partial charge in [-0.2, -0.15) is 0 Å². The first kappa shape index (κ1) is 11.5. The van der Waals surface area contributed by atoms with Crippen LogP contribution in [0.5, 0.6) is 5.75 Å². The molecule has 1 aromatic carbocycles. The van der Waals surface area contributed by atoms with Gasteiger partial charge < -0.3 is 14.5 Å². The first-order valence-corrected chi connectivity index (χ1v) is 5.45. The summed E-state index contributed by atoms with van der Waals surface area (Å²) in [5.41, 5.74) is 0.710. The van der Waals surface area contributed by atoms with E-state index >= 15 is 0 Å². The van der Waals surface area contributed by atoms with Gasteiger partial charge in [0.15, 0.2) is 11.3 Å². The van der Waals surface area contributed by atoms with Crippen LogP contribution in [0.3, 0.4) is 0 Å². The molecule has 4 nitrogen and oxygen atoms in total. The molecule has 90 valence electrons. The molecule has 17 heavy (non-hydrogen) atoms. The van der Waals surface area contributed by atoms with E-state index in [1.807, 2.05) is 31.2 Å². The molecule has 0 aliphatic rings. The summed E-state index contributed by atoms with van der Waals surface area (Å²) in [5.74, 6) is 1.34. The molecule has 0 bridgehead atoms. The van der Waals surface area contributed by atoms with Gasteiger partial charge in [0, 0.05) is 12.3 Å². The number of benzene rings is 1. The second-order valence-electron chi connectivity index (χ2n) is 3.95. The van der Waals surface area contributed by atoms with Crippen LogP contribution in [-0.4, -0.2) is 13.0 Å². The van der Waals surface area contributed by atoms with Gasteiger partial charge >= 0.3 is 0 Å². The largest absolute Gasteiger partial charge is 0.493 e. The van der Waals surface area contributed by atoms with E-state index < -0.39 is 0 Å². The van der Waals surface area contributed by atoms with Gasteiger partial charge in [-0.1, -0.05) is 12.1 Å². The minimum Gasteiger partial charge on any atom is -0.493 e. The number of carbonyl (C=O) groups excluding carboxylic acids is 1. The van der Waals surface area contributed by atoms with Crippen molar-refractivity contribution in [2.45, 2.75) is 19.9 Å². The number of furan rings is 1. The Morgan fingerprint density at radius 3 is 2.88 bits per heavy atom. The number of carbonyl (C=O) groups is 1. The average Bonchev–Trinajstić information content (AvgIpc) is 2.71. The van der Waals surface area contributed by atoms with Crippen molar-refractivity contribution >= 4 is 16.9 Å². The highest BCUT2D eigenvalue weighted by atomic mass is 16.5. The lowest BCUT2D eigenvalue weighted by molar-refractivity contribution is -0.119. The Bertz CT molecular complexity index is 545. The molecule has 0 aliphatic carbocycles. The van der Waals surface area contributed by atoms with E-state index in [0.717, 1.165) is 11.1 Å². The maximum Gasteiger partial charge on any atom is 0.217 e. The van der Waals surface area contributed by atoms with Crippen LogP contribution in [0.2, 0.25) is 0 Å². The quantitative estimate of drug-likeness (QED) is 0.886. The van der Waals surface area contributed by atoms with Crippen LogP contribution in [0.4, 0.5) is 0 Å². The molecule has 1 N–H and O–H groups in total. The lowest BCUT2D eigenvalue weighted by atomic mass is 10.2. The zero-order valence-electron chi connectivity index (χ0n) is 10.1. The van der Waals surface area contributed by atoms with Crippen LogP contribution in [0.25, 0.3) is 11.0 Å². The van der Waals surface area contributed by atoms with Gasteiger partial charge in [-0.15, -0.1) is 0 Å². The van der Waals surface area contributed by atoms with E-state index in [2.05, 4.69) is 5.32 Å². The summed E-state index contributed by atoms with van der Waals surface area (Å²) in [5, 5.41) is 3.75. The normalized spacial score (nSPS) is 12.4. The molecule has 0 radical (unpaired) electrons. The molecule has 4 heteroatoms. The highest BCUT2D eigenvalue weighted by molar-refractivity contribution is 5.84. The number of ether oxygens (including phenoxy) is 1. The Hall–Kier alpha value is -1.97. The van der Waals surface area contributed by atoms with Crippen LogP contribution in [0, 0.1) is 0 Å². The van der Waals surface area contributed by atoms with Gasteiger partial charge in [-0.25, -0.2) is 0 Å². The van der Waals surface area contributed by atoms with Gasteiger partial charge in [-0.05, 0) is 19.1 Å². The van der Waals surface area contributed by atoms with Crippen molar-refractivity contribution in [2.24, 2.45) is 0 Å². The van der Waals surface area contributed by atoms with Crippen LogP contribution < -0.4 is 10.1 Å². The number of nitrogens with one attached hydrogen (secondary N) is 1. The number of para-hydroxylation sites is 1. The van der Waals surface area contributed by atoms with Gasteiger partial charge in [0.1, 0.15) is 5.76 Å². The second kappa shape index (κ2) is 4.49. The number of fused-ring (bicyclic) bond motifs is 1. The highest BCUT2D eigenvalue weighted by Crippen LogP contribution is 2.30. The number of amides is 1. The zero-order valence-corrected chi connectivity index (χ0v) is 10.1. The third-order valence-electron chi connectivity index (χ3n) is 2.59. The SMILES string of the molecule is COc1cccc2cc(C(C)NC(C)=O)oc12. The van der Waals surface area contributed by atoms with Gasteiger partial charge in [0.25, 0.3) is 0 Å². The molecule has 0 saturated heterocycles. The Kier molecular flexibility index (Phi) is 3.04. The van der Waals surface area contributed by atoms with Crippen molar-refractivity contribution in [2.75, 3.05) is 7.11 Å². The van der Waals surface area contributed by atoms with E-state index in [4.69, 9.17) is 9.15 Å². The topological polar surface area (TPSA) is 51.5 Å². The molecule has 1 amide bonds. The molecule has 0 spiro atoms. The molecule has 1 aromatic heterocycles. The maximum absolute atomic E-state index is 11.0. The van der Waals surface area contributed by atoms with E-state index in [-0.39, 0.29) is 11.9 Å². The van der Waals surface area contributed by atoms with E-state index in [9.17, 15) is 4.79 Å². The van der Waals surface area contributed by atoms with Crippen LogP contribution >= 0.6 is 0 Å². The molecule has 1 unspecified atom stereocenters. The summed E-state index contributed by atoms with van der Waals surface area (Å²) in [6, 6.07) is 7.47. The van der Waals surface area contributed by atoms with Crippen molar-refractivity contribution < 1.29 is 13.9 Å². The summed E-state index contributed by atoms with van der Waals surface area (Å²) in [4.78, 5) is 11.0. The molecule has 0 aliphatic heterocycles. The molecule has 1 heterocycles. The fourth-order valence-corrected chi connectivity index (χ4v) is 1.81. The van der Waals surface area contributed by atoms with Gasteiger partial charge in [0.05, 0.1) is 13.2 Å². The lowest BCUT2D eigenvalue weighted by Gasteiger charge is -2.08. The lowest BCUT2D eigenvalue weighted by Crippen LogP contribution is -2.23. The van der Waals surface area contributed by atoms with E-state index in [1.54, 1.807) is 7.11 Å². The standard InChI is InChI=1S/C13H15NO3/c1-8(14-9(2)15)12-7-10-5-4-6-11(16-3)13(10)17-12/h4-8H,1-3H3,(H,14,15). The fraction of sp³-hybridized carbons (Fsp3) is 0.308. The monoisotopic (exact) mass is 233 g/mol. The highest BCUT2D eigenvalue weighted by Gasteiger charge is 2.14. The second-order valence-corrected chi connectivity index (χ2v) is 3.95. The predicted molar refractivity (Wildman–Crippen MR) is 65.0 cm³/mol. The van der Waals surface area contributed by atoms with Crippen LogP contribution in [-0.2, 0) is 4.79 Å². The minimum absolute atomic E-state index is 0.0788. The summed E-state index contributed by atoms with van der Waals surface area (Å²) in [6.07, 6.45) is 0. The third kappa shape index (κ3) is 2.25. The Morgan fingerprint density at radius 2 is 2.24 bits per heavy atom. The summed E-state index contributed by atoms with van der Waals surface area (Å²) in [7, 11) is 1.61. The van der Waals surface area contributed by atoms with Crippen molar-refractivity contribution in [3.63, 3.8) is 0 Å². The van der Waals surface area contributed by atoms with E-state index in [0.29, 0.717) is 11.3 Å². The van der Waals surface area contributed by atoms with Crippen LogP contribution in [0.15, 0.2) is 28.7 Å². The van der Waals surface area contributed by atoms with Gasteiger partial charge in [-0.3, -0.25) is 4.79 Å². The predicted octanol–water partition coefficient (Wildman–Crippen LogP) is 2.64. The average molecular weight is 233 g/mol. The molecular formula is C13H15NO3. The Balaban J connectivity index is 2.40.